The highest BCUT2D eigenvalue weighted by Crippen LogP contribution is 2.12. The number of rotatable bonds is 8. The zero-order valence-corrected chi connectivity index (χ0v) is 12.6. The van der Waals surface area contributed by atoms with Crippen molar-refractivity contribution in [1.29, 1.82) is 0 Å². The number of nitrogens with zero attached hydrogens (tertiary/aromatic N) is 3. The van der Waals surface area contributed by atoms with Gasteiger partial charge in [0, 0.05) is 39.0 Å². The summed E-state index contributed by atoms with van der Waals surface area (Å²) in [5.74, 6) is 1.23. The molecule has 1 rings (SSSR count). The van der Waals surface area contributed by atoms with Crippen LogP contribution in [0.1, 0.15) is 12.6 Å². The molecule has 0 aliphatic carbocycles. The van der Waals surface area contributed by atoms with E-state index in [0.717, 1.165) is 18.1 Å². The number of carbonyl (C=O) groups is 1. The molecule has 1 aromatic heterocycles. The first kappa shape index (κ1) is 16.2. The molecule has 0 bridgehead atoms. The number of likely N-dealkylation sites (N-methyl/N-ethyl adjacent to an activating group) is 1. The van der Waals surface area contributed by atoms with Crippen LogP contribution in [0.2, 0.25) is 0 Å². The number of aromatic nitrogens is 2. The molecule has 1 heterocycles. The van der Waals surface area contributed by atoms with Crippen LogP contribution in [-0.2, 0) is 9.53 Å². The molecule has 20 heavy (non-hydrogen) atoms. The quantitative estimate of drug-likeness (QED) is 0.672. The number of aryl methyl sites for hydroxylation is 1. The van der Waals surface area contributed by atoms with Crippen molar-refractivity contribution < 1.29 is 9.53 Å². The maximum Gasteiger partial charge on any atom is 0.239 e. The summed E-state index contributed by atoms with van der Waals surface area (Å²) in [4.78, 5) is 22.2. The Morgan fingerprint density at radius 3 is 2.85 bits per heavy atom. The smallest absolute Gasteiger partial charge is 0.239 e. The second kappa shape index (κ2) is 8.31. The summed E-state index contributed by atoms with van der Waals surface area (Å²) in [5.41, 5.74) is 0.859. The van der Waals surface area contributed by atoms with Gasteiger partial charge in [0.15, 0.2) is 0 Å². The second-order valence-corrected chi connectivity index (χ2v) is 4.42. The lowest BCUT2D eigenvalue weighted by atomic mass is 10.4. The first-order chi connectivity index (χ1) is 9.56. The van der Waals surface area contributed by atoms with Crippen molar-refractivity contribution in [2.45, 2.75) is 13.8 Å². The third kappa shape index (κ3) is 5.40. The fourth-order valence-corrected chi connectivity index (χ4v) is 1.63. The summed E-state index contributed by atoms with van der Waals surface area (Å²) in [6, 6.07) is 1.85. The van der Waals surface area contributed by atoms with Crippen molar-refractivity contribution in [2.24, 2.45) is 0 Å². The maximum absolute atomic E-state index is 11.7. The number of hydrogen-bond acceptors (Lipinski definition) is 6. The molecule has 0 unspecified atom stereocenters. The third-order valence-electron chi connectivity index (χ3n) is 2.58. The number of amides is 1. The Kier molecular flexibility index (Phi) is 6.72. The van der Waals surface area contributed by atoms with E-state index in [4.69, 9.17) is 4.74 Å². The number of anilines is 2. The van der Waals surface area contributed by atoms with E-state index in [1.165, 1.54) is 0 Å². The van der Waals surface area contributed by atoms with E-state index in [2.05, 4.69) is 20.6 Å². The largest absolute Gasteiger partial charge is 0.383 e. The lowest BCUT2D eigenvalue weighted by molar-refractivity contribution is -0.119. The van der Waals surface area contributed by atoms with E-state index < -0.39 is 0 Å². The normalized spacial score (nSPS) is 10.2. The lowest BCUT2D eigenvalue weighted by Gasteiger charge is -2.18. The van der Waals surface area contributed by atoms with Gasteiger partial charge in [-0.25, -0.2) is 4.98 Å². The van der Waals surface area contributed by atoms with E-state index in [1.54, 1.807) is 12.0 Å². The predicted octanol–water partition coefficient (Wildman–Crippen LogP) is 0.416. The summed E-state index contributed by atoms with van der Waals surface area (Å²) in [5, 5.41) is 5.85. The third-order valence-corrected chi connectivity index (χ3v) is 2.58. The van der Waals surface area contributed by atoms with Crippen molar-refractivity contribution >= 4 is 17.7 Å². The van der Waals surface area contributed by atoms with Crippen molar-refractivity contribution in [3.63, 3.8) is 0 Å². The molecule has 0 fully saturated rings. The van der Waals surface area contributed by atoms with Crippen LogP contribution in [0.5, 0.6) is 0 Å². The standard InChI is InChI=1S/C13H23N5O2/c1-5-14-13-16-10(2)8-11(17-13)18(3)9-12(19)15-6-7-20-4/h8H,5-7,9H2,1-4H3,(H,15,19)(H,14,16,17). The van der Waals surface area contributed by atoms with E-state index in [1.807, 2.05) is 27.0 Å². The minimum Gasteiger partial charge on any atom is -0.383 e. The minimum absolute atomic E-state index is 0.0641. The molecule has 0 radical (unpaired) electrons. The average Bonchev–Trinajstić information content (AvgIpc) is 2.38. The summed E-state index contributed by atoms with van der Waals surface area (Å²) in [6.45, 7) is 5.90. The first-order valence-electron chi connectivity index (χ1n) is 6.63. The zero-order chi connectivity index (χ0) is 15.0. The fourth-order valence-electron chi connectivity index (χ4n) is 1.63. The Bertz CT molecular complexity index is 439. The Hall–Kier alpha value is -1.89. The van der Waals surface area contributed by atoms with E-state index in [0.29, 0.717) is 19.1 Å². The summed E-state index contributed by atoms with van der Waals surface area (Å²) in [7, 11) is 3.43. The molecule has 0 saturated heterocycles. The molecule has 0 spiro atoms. The average molecular weight is 281 g/mol. The van der Waals surface area contributed by atoms with Crippen LogP contribution in [0.25, 0.3) is 0 Å². The second-order valence-electron chi connectivity index (χ2n) is 4.42. The van der Waals surface area contributed by atoms with Crippen LogP contribution < -0.4 is 15.5 Å². The van der Waals surface area contributed by atoms with Gasteiger partial charge in [-0.15, -0.1) is 0 Å². The number of carbonyl (C=O) groups excluding carboxylic acids is 1. The molecule has 2 N–H and O–H groups in total. The van der Waals surface area contributed by atoms with Gasteiger partial charge in [-0.2, -0.15) is 4.98 Å². The molecule has 0 saturated carbocycles. The van der Waals surface area contributed by atoms with Crippen molar-refractivity contribution in [2.75, 3.05) is 50.6 Å². The van der Waals surface area contributed by atoms with Crippen LogP contribution in [0.15, 0.2) is 6.07 Å². The van der Waals surface area contributed by atoms with Gasteiger partial charge >= 0.3 is 0 Å². The highest BCUT2D eigenvalue weighted by Gasteiger charge is 2.10. The molecule has 1 aromatic rings. The number of nitrogens with one attached hydrogen (secondary N) is 2. The molecule has 0 atom stereocenters. The fraction of sp³-hybridized carbons (Fsp3) is 0.615. The summed E-state index contributed by atoms with van der Waals surface area (Å²) in [6.07, 6.45) is 0. The topological polar surface area (TPSA) is 79.4 Å². The molecule has 7 nitrogen and oxygen atoms in total. The highest BCUT2D eigenvalue weighted by atomic mass is 16.5. The van der Waals surface area contributed by atoms with E-state index in [-0.39, 0.29) is 12.5 Å². The first-order valence-corrected chi connectivity index (χ1v) is 6.63. The van der Waals surface area contributed by atoms with Gasteiger partial charge in [0.1, 0.15) is 5.82 Å². The molecule has 0 aliphatic rings. The van der Waals surface area contributed by atoms with Crippen LogP contribution >= 0.6 is 0 Å². The number of methoxy groups -OCH3 is 1. The molecular formula is C13H23N5O2. The van der Waals surface area contributed by atoms with Gasteiger partial charge in [0.25, 0.3) is 0 Å². The van der Waals surface area contributed by atoms with Crippen molar-refractivity contribution in [3.8, 4) is 0 Å². The van der Waals surface area contributed by atoms with Gasteiger partial charge in [-0.3, -0.25) is 4.79 Å². The van der Waals surface area contributed by atoms with Gasteiger partial charge in [-0.05, 0) is 13.8 Å². The van der Waals surface area contributed by atoms with Crippen molar-refractivity contribution in [1.82, 2.24) is 15.3 Å². The molecule has 7 heteroatoms. The Morgan fingerprint density at radius 2 is 2.20 bits per heavy atom. The van der Waals surface area contributed by atoms with Crippen LogP contribution in [0, 0.1) is 6.92 Å². The molecule has 112 valence electrons. The maximum atomic E-state index is 11.7. The summed E-state index contributed by atoms with van der Waals surface area (Å²) < 4.78 is 4.88. The SMILES string of the molecule is CCNc1nc(C)cc(N(C)CC(=O)NCCOC)n1. The van der Waals surface area contributed by atoms with Crippen LogP contribution in [0.3, 0.4) is 0 Å². The lowest BCUT2D eigenvalue weighted by Crippen LogP contribution is -2.37. The van der Waals surface area contributed by atoms with Gasteiger partial charge in [-0.1, -0.05) is 0 Å². The minimum atomic E-state index is -0.0641. The monoisotopic (exact) mass is 281 g/mol. The van der Waals surface area contributed by atoms with Gasteiger partial charge in [0.2, 0.25) is 11.9 Å². The van der Waals surface area contributed by atoms with Crippen LogP contribution in [0.4, 0.5) is 11.8 Å². The van der Waals surface area contributed by atoms with Gasteiger partial charge < -0.3 is 20.3 Å². The highest BCUT2D eigenvalue weighted by molar-refractivity contribution is 5.80. The Labute approximate surface area is 119 Å². The van der Waals surface area contributed by atoms with Gasteiger partial charge in [0.05, 0.1) is 13.2 Å². The molecular weight excluding hydrogens is 258 g/mol. The predicted molar refractivity (Wildman–Crippen MR) is 79.1 cm³/mol. The van der Waals surface area contributed by atoms with E-state index in [9.17, 15) is 4.79 Å². The molecule has 1 amide bonds. The van der Waals surface area contributed by atoms with Crippen LogP contribution in [-0.4, -0.2) is 56.3 Å². The van der Waals surface area contributed by atoms with E-state index >= 15 is 0 Å². The Morgan fingerprint density at radius 1 is 1.45 bits per heavy atom. The number of hydrogen-bond donors (Lipinski definition) is 2. The van der Waals surface area contributed by atoms with Crippen molar-refractivity contribution in [3.05, 3.63) is 11.8 Å². The molecule has 0 aromatic carbocycles. The molecule has 0 aliphatic heterocycles. The summed E-state index contributed by atoms with van der Waals surface area (Å²) >= 11 is 0. The number of ether oxygens (including phenoxy) is 1. The zero-order valence-electron chi connectivity index (χ0n) is 12.6. The Balaban J connectivity index is 2.62.